The third-order valence-corrected chi connectivity index (χ3v) is 3.48. The summed E-state index contributed by atoms with van der Waals surface area (Å²) >= 11 is 3.95. The molecular weight excluding hydrogens is 320 g/mol. The van der Waals surface area contributed by atoms with Crippen molar-refractivity contribution in [2.45, 2.75) is 40.2 Å². The summed E-state index contributed by atoms with van der Waals surface area (Å²) in [6.07, 6.45) is -1.75. The lowest BCUT2D eigenvalue weighted by Gasteiger charge is -2.29. The number of Topliss-reactive ketones (excluding diaryl/α,β-unsaturated/α-hetero) is 1. The molecule has 0 radical (unpaired) electrons. The van der Waals surface area contributed by atoms with Gasteiger partial charge < -0.3 is 20.5 Å². The molecule has 0 unspecified atom stereocenters. The minimum Gasteiger partial charge on any atom is -0.449 e. The normalized spacial score (nSPS) is 12.7. The average Bonchev–Trinajstić information content (AvgIpc) is 2.49. The van der Waals surface area contributed by atoms with E-state index < -0.39 is 23.5 Å². The molecule has 0 aliphatic carbocycles. The molecule has 0 aliphatic rings. The fraction of sp³-hybridized carbons (Fsp3) is 0.800. The van der Waals surface area contributed by atoms with Crippen molar-refractivity contribution >= 4 is 30.4 Å². The van der Waals surface area contributed by atoms with Crippen LogP contribution in [0.5, 0.6) is 0 Å². The van der Waals surface area contributed by atoms with Gasteiger partial charge in [-0.25, -0.2) is 4.79 Å². The van der Waals surface area contributed by atoms with E-state index in [-0.39, 0.29) is 31.3 Å². The number of ketones is 1. The summed E-state index contributed by atoms with van der Waals surface area (Å²) in [5.41, 5.74) is -0.954. The Balaban J connectivity index is 4.27. The number of hydrogen-bond donors (Lipinski definition) is 4. The maximum Gasteiger partial charge on any atom is 0.407 e. The number of aliphatic hydroxyl groups is 1. The van der Waals surface area contributed by atoms with Gasteiger partial charge >= 0.3 is 6.09 Å². The smallest absolute Gasteiger partial charge is 0.407 e. The fourth-order valence-corrected chi connectivity index (χ4v) is 1.70. The van der Waals surface area contributed by atoms with Gasteiger partial charge in [-0.1, -0.05) is 27.7 Å². The van der Waals surface area contributed by atoms with Crippen molar-refractivity contribution in [2.75, 3.05) is 25.4 Å². The first-order chi connectivity index (χ1) is 10.6. The van der Waals surface area contributed by atoms with Gasteiger partial charge in [0.25, 0.3) is 0 Å². The van der Waals surface area contributed by atoms with E-state index in [0.717, 1.165) is 0 Å². The molecule has 3 N–H and O–H groups in total. The van der Waals surface area contributed by atoms with Crippen molar-refractivity contribution < 1.29 is 24.2 Å². The Morgan fingerprint density at radius 2 is 1.78 bits per heavy atom. The van der Waals surface area contributed by atoms with Gasteiger partial charge in [0.15, 0.2) is 0 Å². The van der Waals surface area contributed by atoms with Crippen molar-refractivity contribution in [3.63, 3.8) is 0 Å². The van der Waals surface area contributed by atoms with Crippen LogP contribution in [-0.2, 0) is 14.3 Å². The van der Waals surface area contributed by atoms with Gasteiger partial charge in [0, 0.05) is 36.6 Å². The van der Waals surface area contributed by atoms with Crippen LogP contribution in [0, 0.1) is 11.3 Å². The van der Waals surface area contributed by atoms with E-state index in [1.807, 2.05) is 0 Å². The molecule has 0 fully saturated rings. The number of rotatable bonds is 10. The number of thiol groups is 1. The highest BCUT2D eigenvalue weighted by Crippen LogP contribution is 2.21. The summed E-state index contributed by atoms with van der Waals surface area (Å²) < 4.78 is 4.98. The highest BCUT2D eigenvalue weighted by Gasteiger charge is 2.35. The van der Waals surface area contributed by atoms with Gasteiger partial charge in [0.05, 0.1) is 0 Å². The highest BCUT2D eigenvalue weighted by atomic mass is 32.1. The Labute approximate surface area is 142 Å². The molecule has 0 saturated heterocycles. The molecule has 0 aromatic heterocycles. The van der Waals surface area contributed by atoms with Gasteiger partial charge in [-0.2, -0.15) is 12.6 Å². The summed E-state index contributed by atoms with van der Waals surface area (Å²) in [6, 6.07) is 0. The number of ether oxygens (including phenoxy) is 1. The number of nitrogens with one attached hydrogen (secondary N) is 2. The first-order valence-corrected chi connectivity index (χ1v) is 8.25. The van der Waals surface area contributed by atoms with Crippen molar-refractivity contribution in [2.24, 2.45) is 11.3 Å². The molecule has 7 nitrogen and oxygen atoms in total. The Bertz CT molecular complexity index is 413. The van der Waals surface area contributed by atoms with Crippen LogP contribution in [0.3, 0.4) is 0 Å². The zero-order valence-corrected chi connectivity index (χ0v) is 15.1. The number of aliphatic hydroxyl groups excluding tert-OH is 1. The van der Waals surface area contributed by atoms with E-state index in [1.165, 1.54) is 0 Å². The zero-order chi connectivity index (χ0) is 18.0. The fourth-order valence-electron chi connectivity index (χ4n) is 1.59. The van der Waals surface area contributed by atoms with E-state index in [2.05, 4.69) is 23.3 Å². The molecule has 0 saturated carbocycles. The van der Waals surface area contributed by atoms with Crippen LogP contribution in [0.4, 0.5) is 4.79 Å². The molecule has 0 spiro atoms. The van der Waals surface area contributed by atoms with E-state index in [0.29, 0.717) is 12.3 Å². The summed E-state index contributed by atoms with van der Waals surface area (Å²) in [5.74, 6) is -0.148. The van der Waals surface area contributed by atoms with Gasteiger partial charge in [0.2, 0.25) is 5.91 Å². The monoisotopic (exact) mass is 348 g/mol. The average molecular weight is 348 g/mol. The molecule has 1 atom stereocenters. The summed E-state index contributed by atoms with van der Waals surface area (Å²) in [6.45, 7) is 7.23. The van der Waals surface area contributed by atoms with Crippen molar-refractivity contribution in [1.82, 2.24) is 10.6 Å². The first-order valence-electron chi connectivity index (χ1n) is 7.61. The van der Waals surface area contributed by atoms with E-state index in [4.69, 9.17) is 4.74 Å². The number of carbonyl (C=O) groups excluding carboxylic acids is 3. The molecule has 2 amide bonds. The maximum atomic E-state index is 11.9. The maximum absolute atomic E-state index is 11.9. The zero-order valence-electron chi connectivity index (χ0n) is 14.2. The van der Waals surface area contributed by atoms with Crippen LogP contribution in [0.15, 0.2) is 0 Å². The second-order valence-electron chi connectivity index (χ2n) is 6.28. The van der Waals surface area contributed by atoms with Crippen LogP contribution in [-0.4, -0.2) is 54.4 Å². The molecule has 8 heteroatoms. The van der Waals surface area contributed by atoms with Gasteiger partial charge in [0.1, 0.15) is 18.5 Å². The van der Waals surface area contributed by atoms with Crippen LogP contribution in [0.25, 0.3) is 0 Å². The minimum atomic E-state index is -1.35. The molecule has 0 aromatic carbocycles. The van der Waals surface area contributed by atoms with Crippen LogP contribution >= 0.6 is 12.6 Å². The van der Waals surface area contributed by atoms with E-state index in [1.54, 1.807) is 27.7 Å². The predicted molar refractivity (Wildman–Crippen MR) is 90.5 cm³/mol. The predicted octanol–water partition coefficient (Wildman–Crippen LogP) is 0.761. The van der Waals surface area contributed by atoms with Crippen LogP contribution in [0.1, 0.15) is 34.1 Å². The standard InChI is InChI=1S/C15H28N2O5S/c1-10(2)11(18)5-6-16-13(20)12(19)15(3,4)9-22-14(21)17-7-8-23/h10,12,19,23H,5-9H2,1-4H3,(H,16,20)(H,17,21)/t12-/m0/s1. The topological polar surface area (TPSA) is 105 Å². The quantitative estimate of drug-likeness (QED) is 0.436. The Hall–Kier alpha value is -1.28. The highest BCUT2D eigenvalue weighted by molar-refractivity contribution is 7.80. The first kappa shape index (κ1) is 21.7. The van der Waals surface area contributed by atoms with Crippen molar-refractivity contribution in [3.8, 4) is 0 Å². The lowest BCUT2D eigenvalue weighted by Crippen LogP contribution is -2.47. The minimum absolute atomic E-state index is 0.0447. The molecule has 0 bridgehead atoms. The number of amides is 2. The SMILES string of the molecule is CC(C)C(=O)CCNC(=O)[C@H](O)C(C)(C)COC(=O)NCCS. The molecule has 134 valence electrons. The Morgan fingerprint density at radius 3 is 2.30 bits per heavy atom. The second kappa shape index (κ2) is 10.5. The largest absolute Gasteiger partial charge is 0.449 e. The summed E-state index contributed by atoms with van der Waals surface area (Å²) in [5, 5.41) is 15.1. The molecule has 0 rings (SSSR count). The number of hydrogen-bond acceptors (Lipinski definition) is 6. The van der Waals surface area contributed by atoms with Crippen LogP contribution in [0.2, 0.25) is 0 Å². The Kier molecular flexibility index (Phi) is 9.90. The molecular formula is C15H28N2O5S. The van der Waals surface area contributed by atoms with Gasteiger partial charge in [-0.3, -0.25) is 9.59 Å². The molecule has 0 heterocycles. The molecule has 0 aromatic rings. The third kappa shape index (κ3) is 8.80. The van der Waals surface area contributed by atoms with E-state index in [9.17, 15) is 19.5 Å². The van der Waals surface area contributed by atoms with E-state index >= 15 is 0 Å². The van der Waals surface area contributed by atoms with Gasteiger partial charge in [-0.15, -0.1) is 0 Å². The van der Waals surface area contributed by atoms with Crippen molar-refractivity contribution in [3.05, 3.63) is 0 Å². The Morgan fingerprint density at radius 1 is 1.17 bits per heavy atom. The third-order valence-electron chi connectivity index (χ3n) is 3.26. The van der Waals surface area contributed by atoms with Crippen molar-refractivity contribution in [1.29, 1.82) is 0 Å². The number of alkyl carbamates (subject to hydrolysis) is 1. The van der Waals surface area contributed by atoms with Crippen LogP contribution < -0.4 is 10.6 Å². The lowest BCUT2D eigenvalue weighted by atomic mass is 9.87. The van der Waals surface area contributed by atoms with Gasteiger partial charge in [-0.05, 0) is 0 Å². The summed E-state index contributed by atoms with van der Waals surface area (Å²) in [7, 11) is 0. The lowest BCUT2D eigenvalue weighted by molar-refractivity contribution is -0.137. The summed E-state index contributed by atoms with van der Waals surface area (Å²) in [4.78, 5) is 34.8. The molecule has 23 heavy (non-hydrogen) atoms. The second-order valence-corrected chi connectivity index (χ2v) is 6.73. The molecule has 0 aliphatic heterocycles. The number of carbonyl (C=O) groups is 3.